The minimum atomic E-state index is 0.0171. The number of hydrogen-bond donors (Lipinski definition) is 0. The highest BCUT2D eigenvalue weighted by molar-refractivity contribution is 5.69. The molecule has 1 heterocycles. The highest BCUT2D eigenvalue weighted by Crippen LogP contribution is 2.23. The first kappa shape index (κ1) is 29.4. The predicted octanol–water partition coefficient (Wildman–Crippen LogP) is 6.92. The van der Waals surface area contributed by atoms with Gasteiger partial charge >= 0.3 is 5.97 Å². The van der Waals surface area contributed by atoms with Gasteiger partial charge in [0.05, 0.1) is 6.61 Å². The number of nitrogens with zero attached hydrogens (tertiary/aromatic N) is 2. The van der Waals surface area contributed by atoms with E-state index in [1.807, 2.05) is 0 Å². The second-order valence-electron chi connectivity index (χ2n) is 10.6. The van der Waals surface area contributed by atoms with Gasteiger partial charge in [0.25, 0.3) is 0 Å². The lowest BCUT2D eigenvalue weighted by Gasteiger charge is -2.17. The third-order valence-electron chi connectivity index (χ3n) is 7.16. The summed E-state index contributed by atoms with van der Waals surface area (Å²) in [5.74, 6) is 1.73. The molecule has 1 atom stereocenters. The van der Waals surface area contributed by atoms with Crippen LogP contribution in [-0.2, 0) is 9.53 Å². The van der Waals surface area contributed by atoms with Gasteiger partial charge in [-0.25, -0.2) is 0 Å². The van der Waals surface area contributed by atoms with E-state index >= 15 is 0 Å². The molecule has 0 radical (unpaired) electrons. The Kier molecular flexibility index (Phi) is 18.2. The van der Waals surface area contributed by atoms with E-state index in [4.69, 9.17) is 4.74 Å². The Bertz CT molecular complexity index is 431. The molecule has 1 saturated heterocycles. The van der Waals surface area contributed by atoms with Crippen LogP contribution in [0.5, 0.6) is 0 Å². The van der Waals surface area contributed by atoms with Crippen LogP contribution in [0.1, 0.15) is 117 Å². The van der Waals surface area contributed by atoms with Crippen LogP contribution in [-0.4, -0.2) is 62.7 Å². The van der Waals surface area contributed by atoms with E-state index in [0.717, 1.165) is 31.1 Å². The van der Waals surface area contributed by atoms with Crippen molar-refractivity contribution in [2.75, 3.05) is 46.9 Å². The first-order chi connectivity index (χ1) is 15.5. The molecular weight excluding hydrogens is 396 g/mol. The SMILES string of the molecule is CCCCCC(CCCCC)CCCOC(=O)CCCCCN1CCC(CCN(C)C)C1. The predicted molar refractivity (Wildman–Crippen MR) is 138 cm³/mol. The smallest absolute Gasteiger partial charge is 0.305 e. The van der Waals surface area contributed by atoms with Gasteiger partial charge in [0.2, 0.25) is 0 Å². The largest absolute Gasteiger partial charge is 0.466 e. The van der Waals surface area contributed by atoms with Crippen molar-refractivity contribution in [1.29, 1.82) is 0 Å². The van der Waals surface area contributed by atoms with Crippen molar-refractivity contribution in [2.45, 2.75) is 117 Å². The first-order valence-corrected chi connectivity index (χ1v) is 14.1. The Balaban J connectivity index is 2.01. The Morgan fingerprint density at radius 3 is 2.28 bits per heavy atom. The summed E-state index contributed by atoms with van der Waals surface area (Å²) in [5, 5.41) is 0. The van der Waals surface area contributed by atoms with Crippen molar-refractivity contribution in [3.63, 3.8) is 0 Å². The molecule has 32 heavy (non-hydrogen) atoms. The summed E-state index contributed by atoms with van der Waals surface area (Å²) in [6.45, 7) is 10.1. The molecule has 0 spiro atoms. The number of carbonyl (C=O) groups is 1. The van der Waals surface area contributed by atoms with Crippen LogP contribution < -0.4 is 0 Å². The molecule has 0 amide bonds. The molecule has 0 N–H and O–H groups in total. The normalized spacial score (nSPS) is 17.0. The molecule has 1 fully saturated rings. The minimum absolute atomic E-state index is 0.0171. The van der Waals surface area contributed by atoms with Gasteiger partial charge in [-0.3, -0.25) is 4.79 Å². The standard InChI is InChI=1S/C28H56N2O2/c1-5-7-10-15-26(16-11-8-6-2)17-14-24-32-28(31)18-12-9-13-21-30-23-20-27(25-30)19-22-29(3)4/h26-27H,5-25H2,1-4H3. The lowest BCUT2D eigenvalue weighted by atomic mass is 9.91. The van der Waals surface area contributed by atoms with Crippen molar-refractivity contribution >= 4 is 5.97 Å². The fourth-order valence-corrected chi connectivity index (χ4v) is 5.00. The maximum Gasteiger partial charge on any atom is 0.305 e. The van der Waals surface area contributed by atoms with Crippen LogP contribution >= 0.6 is 0 Å². The lowest BCUT2D eigenvalue weighted by molar-refractivity contribution is -0.144. The van der Waals surface area contributed by atoms with Crippen molar-refractivity contribution in [2.24, 2.45) is 11.8 Å². The van der Waals surface area contributed by atoms with E-state index in [-0.39, 0.29) is 5.97 Å². The number of esters is 1. The molecule has 4 heteroatoms. The van der Waals surface area contributed by atoms with Crippen LogP contribution in [0.3, 0.4) is 0 Å². The third kappa shape index (κ3) is 16.1. The second-order valence-corrected chi connectivity index (χ2v) is 10.6. The fraction of sp³-hybridized carbons (Fsp3) is 0.964. The Labute approximate surface area is 200 Å². The molecule has 4 nitrogen and oxygen atoms in total. The van der Waals surface area contributed by atoms with Crippen LogP contribution in [0.4, 0.5) is 0 Å². The quantitative estimate of drug-likeness (QED) is 0.140. The summed E-state index contributed by atoms with van der Waals surface area (Å²) in [6, 6.07) is 0. The topological polar surface area (TPSA) is 32.8 Å². The van der Waals surface area contributed by atoms with Crippen LogP contribution in [0.15, 0.2) is 0 Å². The van der Waals surface area contributed by atoms with Gasteiger partial charge in [-0.1, -0.05) is 71.6 Å². The summed E-state index contributed by atoms with van der Waals surface area (Å²) in [5.41, 5.74) is 0. The van der Waals surface area contributed by atoms with E-state index in [1.165, 1.54) is 103 Å². The highest BCUT2D eigenvalue weighted by atomic mass is 16.5. The number of hydrogen-bond acceptors (Lipinski definition) is 4. The molecule has 0 aromatic rings. The van der Waals surface area contributed by atoms with Crippen LogP contribution in [0.2, 0.25) is 0 Å². The average Bonchev–Trinajstić information content (AvgIpc) is 3.22. The average molecular weight is 453 g/mol. The van der Waals surface area contributed by atoms with Crippen LogP contribution in [0.25, 0.3) is 0 Å². The van der Waals surface area contributed by atoms with Crippen molar-refractivity contribution in [3.05, 3.63) is 0 Å². The van der Waals surface area contributed by atoms with Gasteiger partial charge in [-0.05, 0) is 84.1 Å². The van der Waals surface area contributed by atoms with Crippen molar-refractivity contribution < 1.29 is 9.53 Å². The molecule has 0 aromatic carbocycles. The van der Waals surface area contributed by atoms with Crippen LogP contribution in [0, 0.1) is 11.8 Å². The number of carbonyl (C=O) groups excluding carboxylic acids is 1. The molecule has 1 aliphatic heterocycles. The summed E-state index contributed by atoms with van der Waals surface area (Å²) in [4.78, 5) is 17.0. The molecule has 1 aliphatic rings. The zero-order valence-electron chi connectivity index (χ0n) is 22.2. The van der Waals surface area contributed by atoms with Gasteiger partial charge < -0.3 is 14.5 Å². The summed E-state index contributed by atoms with van der Waals surface area (Å²) in [6.07, 6.45) is 19.6. The lowest BCUT2D eigenvalue weighted by Crippen LogP contribution is -2.23. The van der Waals surface area contributed by atoms with E-state index in [2.05, 4.69) is 37.7 Å². The Morgan fingerprint density at radius 2 is 1.62 bits per heavy atom. The van der Waals surface area contributed by atoms with Gasteiger partial charge in [0.15, 0.2) is 0 Å². The molecular formula is C28H56N2O2. The van der Waals surface area contributed by atoms with Crippen molar-refractivity contribution in [3.8, 4) is 0 Å². The molecule has 0 bridgehead atoms. The number of unbranched alkanes of at least 4 members (excludes halogenated alkanes) is 6. The fourth-order valence-electron chi connectivity index (χ4n) is 5.00. The summed E-state index contributed by atoms with van der Waals surface area (Å²) >= 11 is 0. The molecule has 1 rings (SSSR count). The minimum Gasteiger partial charge on any atom is -0.466 e. The second kappa shape index (κ2) is 19.8. The van der Waals surface area contributed by atoms with Gasteiger partial charge in [-0.15, -0.1) is 0 Å². The maximum absolute atomic E-state index is 12.1. The number of ether oxygens (including phenoxy) is 1. The Morgan fingerprint density at radius 1 is 0.938 bits per heavy atom. The molecule has 1 unspecified atom stereocenters. The molecule has 0 saturated carbocycles. The van der Waals surface area contributed by atoms with E-state index in [0.29, 0.717) is 13.0 Å². The first-order valence-electron chi connectivity index (χ1n) is 14.1. The summed E-state index contributed by atoms with van der Waals surface area (Å²) < 4.78 is 5.53. The third-order valence-corrected chi connectivity index (χ3v) is 7.16. The van der Waals surface area contributed by atoms with E-state index in [1.54, 1.807) is 0 Å². The Hall–Kier alpha value is -0.610. The van der Waals surface area contributed by atoms with Crippen molar-refractivity contribution in [1.82, 2.24) is 9.80 Å². The highest BCUT2D eigenvalue weighted by Gasteiger charge is 2.21. The summed E-state index contributed by atoms with van der Waals surface area (Å²) in [7, 11) is 4.33. The number of likely N-dealkylation sites (tertiary alicyclic amines) is 1. The zero-order valence-corrected chi connectivity index (χ0v) is 22.2. The van der Waals surface area contributed by atoms with E-state index in [9.17, 15) is 4.79 Å². The van der Waals surface area contributed by atoms with Gasteiger partial charge in [-0.2, -0.15) is 0 Å². The van der Waals surface area contributed by atoms with E-state index < -0.39 is 0 Å². The zero-order chi connectivity index (χ0) is 23.4. The molecule has 0 aliphatic carbocycles. The molecule has 0 aromatic heterocycles. The van der Waals surface area contributed by atoms with Gasteiger partial charge in [0, 0.05) is 13.0 Å². The number of rotatable bonds is 21. The monoisotopic (exact) mass is 452 g/mol. The molecule has 190 valence electrons. The van der Waals surface area contributed by atoms with Gasteiger partial charge in [0.1, 0.15) is 0 Å². The maximum atomic E-state index is 12.1.